The van der Waals surface area contributed by atoms with Crippen LogP contribution in [0.15, 0.2) is 28.1 Å². The summed E-state index contributed by atoms with van der Waals surface area (Å²) in [6, 6.07) is 4.66. The van der Waals surface area contributed by atoms with Crippen molar-refractivity contribution in [2.24, 2.45) is 0 Å². The molecule has 15 heavy (non-hydrogen) atoms. The average Bonchev–Trinajstić information content (AvgIpc) is 2.66. The Morgan fingerprint density at radius 3 is 2.87 bits per heavy atom. The lowest BCUT2D eigenvalue weighted by atomic mass is 10.2. The lowest BCUT2D eigenvalue weighted by Crippen LogP contribution is -1.83. The van der Waals surface area contributed by atoms with Crippen LogP contribution < -0.4 is 0 Å². The summed E-state index contributed by atoms with van der Waals surface area (Å²) in [6.07, 6.45) is 0.926. The predicted molar refractivity (Wildman–Crippen MR) is 64.6 cm³/mol. The molecule has 1 aromatic carbocycles. The molecule has 0 saturated carbocycles. The second-order valence-electron chi connectivity index (χ2n) is 3.12. The van der Waals surface area contributed by atoms with Gasteiger partial charge in [0.05, 0.1) is 5.69 Å². The summed E-state index contributed by atoms with van der Waals surface area (Å²) in [5, 5.41) is 2.96. The van der Waals surface area contributed by atoms with Crippen molar-refractivity contribution in [3.8, 4) is 10.6 Å². The van der Waals surface area contributed by atoms with Gasteiger partial charge < -0.3 is 0 Å². The van der Waals surface area contributed by atoms with Gasteiger partial charge >= 0.3 is 0 Å². The number of aryl methyl sites for hydroxylation is 1. The SMILES string of the molecule is CCc1csc(-c2ccc(F)cc2Br)n1. The molecule has 4 heteroatoms. The van der Waals surface area contributed by atoms with Gasteiger partial charge in [0.1, 0.15) is 10.8 Å². The molecule has 78 valence electrons. The van der Waals surface area contributed by atoms with E-state index in [2.05, 4.69) is 27.8 Å². The molecular weight excluding hydrogens is 277 g/mol. The van der Waals surface area contributed by atoms with E-state index in [9.17, 15) is 4.39 Å². The lowest BCUT2D eigenvalue weighted by Gasteiger charge is -1.99. The number of thiazole rings is 1. The van der Waals surface area contributed by atoms with Gasteiger partial charge in [-0.05, 0) is 40.5 Å². The van der Waals surface area contributed by atoms with E-state index in [1.165, 1.54) is 12.1 Å². The minimum Gasteiger partial charge on any atom is -0.241 e. The van der Waals surface area contributed by atoms with Crippen molar-refractivity contribution < 1.29 is 4.39 Å². The summed E-state index contributed by atoms with van der Waals surface area (Å²) >= 11 is 4.93. The van der Waals surface area contributed by atoms with E-state index in [1.54, 1.807) is 17.4 Å². The number of hydrogen-bond acceptors (Lipinski definition) is 2. The molecule has 2 rings (SSSR count). The molecule has 0 bridgehead atoms. The highest BCUT2D eigenvalue weighted by molar-refractivity contribution is 9.10. The zero-order valence-corrected chi connectivity index (χ0v) is 10.5. The smallest absolute Gasteiger partial charge is 0.124 e. The third-order valence-electron chi connectivity index (χ3n) is 2.08. The number of hydrogen-bond donors (Lipinski definition) is 0. The Morgan fingerprint density at radius 1 is 1.47 bits per heavy atom. The Morgan fingerprint density at radius 2 is 2.27 bits per heavy atom. The fourth-order valence-electron chi connectivity index (χ4n) is 1.26. The van der Waals surface area contributed by atoms with Crippen molar-refractivity contribution in [1.82, 2.24) is 4.98 Å². The zero-order chi connectivity index (χ0) is 10.8. The molecule has 1 heterocycles. The van der Waals surface area contributed by atoms with E-state index in [4.69, 9.17) is 0 Å². The highest BCUT2D eigenvalue weighted by Gasteiger charge is 2.08. The molecule has 0 amide bonds. The van der Waals surface area contributed by atoms with Crippen molar-refractivity contribution in [2.75, 3.05) is 0 Å². The third-order valence-corrected chi connectivity index (χ3v) is 3.66. The third kappa shape index (κ3) is 2.26. The zero-order valence-electron chi connectivity index (χ0n) is 8.13. The van der Waals surface area contributed by atoms with Crippen LogP contribution >= 0.6 is 27.3 Å². The molecular formula is C11H9BrFNS. The molecule has 0 fully saturated rings. The van der Waals surface area contributed by atoms with Crippen LogP contribution in [0.4, 0.5) is 4.39 Å². The Hall–Kier alpha value is -0.740. The quantitative estimate of drug-likeness (QED) is 0.803. The summed E-state index contributed by atoms with van der Waals surface area (Å²) in [5.41, 5.74) is 2.02. The normalized spacial score (nSPS) is 10.6. The molecule has 0 aliphatic carbocycles. The van der Waals surface area contributed by atoms with E-state index in [1.807, 2.05) is 5.38 Å². The van der Waals surface area contributed by atoms with Gasteiger partial charge in [0, 0.05) is 15.4 Å². The molecule has 0 spiro atoms. The number of rotatable bonds is 2. The van der Waals surface area contributed by atoms with Crippen molar-refractivity contribution >= 4 is 27.3 Å². The highest BCUT2D eigenvalue weighted by Crippen LogP contribution is 2.31. The molecule has 0 atom stereocenters. The first kappa shape index (κ1) is 10.8. The van der Waals surface area contributed by atoms with Crippen molar-refractivity contribution in [3.05, 3.63) is 39.6 Å². The number of benzene rings is 1. The fourth-order valence-corrected chi connectivity index (χ4v) is 2.87. The van der Waals surface area contributed by atoms with Gasteiger partial charge in [-0.2, -0.15) is 0 Å². The van der Waals surface area contributed by atoms with Gasteiger partial charge in [0.2, 0.25) is 0 Å². The van der Waals surface area contributed by atoms with Gasteiger partial charge in [-0.1, -0.05) is 6.92 Å². The molecule has 1 aromatic heterocycles. The molecule has 0 radical (unpaired) electrons. The van der Waals surface area contributed by atoms with Crippen molar-refractivity contribution in [2.45, 2.75) is 13.3 Å². The van der Waals surface area contributed by atoms with Crippen LogP contribution in [-0.4, -0.2) is 4.98 Å². The summed E-state index contributed by atoms with van der Waals surface area (Å²) < 4.78 is 13.6. The van der Waals surface area contributed by atoms with Crippen LogP contribution in [0.1, 0.15) is 12.6 Å². The van der Waals surface area contributed by atoms with Crippen LogP contribution in [0.5, 0.6) is 0 Å². The van der Waals surface area contributed by atoms with Gasteiger partial charge in [-0.15, -0.1) is 11.3 Å². The predicted octanol–water partition coefficient (Wildman–Crippen LogP) is 4.27. The minimum absolute atomic E-state index is 0.238. The Bertz CT molecular complexity index is 481. The van der Waals surface area contributed by atoms with E-state index < -0.39 is 0 Å². The monoisotopic (exact) mass is 285 g/mol. The minimum atomic E-state index is -0.238. The van der Waals surface area contributed by atoms with E-state index in [0.29, 0.717) is 0 Å². The Labute approximate surface area is 100 Å². The summed E-state index contributed by atoms with van der Waals surface area (Å²) in [5.74, 6) is -0.238. The first-order valence-corrected chi connectivity index (χ1v) is 6.28. The summed E-state index contributed by atoms with van der Waals surface area (Å²) in [7, 11) is 0. The van der Waals surface area contributed by atoms with Crippen LogP contribution in [0, 0.1) is 5.82 Å². The molecule has 0 aliphatic rings. The Kier molecular flexibility index (Phi) is 3.17. The topological polar surface area (TPSA) is 12.9 Å². The number of halogens is 2. The van der Waals surface area contributed by atoms with Crippen LogP contribution in [-0.2, 0) is 6.42 Å². The number of nitrogens with zero attached hydrogens (tertiary/aromatic N) is 1. The Balaban J connectivity index is 2.44. The van der Waals surface area contributed by atoms with Gasteiger partial charge in [0.15, 0.2) is 0 Å². The van der Waals surface area contributed by atoms with Gasteiger partial charge in [0.25, 0.3) is 0 Å². The molecule has 0 N–H and O–H groups in total. The lowest BCUT2D eigenvalue weighted by molar-refractivity contribution is 0.627. The maximum absolute atomic E-state index is 12.9. The largest absolute Gasteiger partial charge is 0.241 e. The van der Waals surface area contributed by atoms with E-state index in [-0.39, 0.29) is 5.82 Å². The molecule has 1 nitrogen and oxygen atoms in total. The maximum atomic E-state index is 12.9. The first-order valence-electron chi connectivity index (χ1n) is 4.60. The van der Waals surface area contributed by atoms with Gasteiger partial charge in [-0.25, -0.2) is 9.37 Å². The summed E-state index contributed by atoms with van der Waals surface area (Å²) in [6.45, 7) is 2.07. The van der Waals surface area contributed by atoms with E-state index >= 15 is 0 Å². The van der Waals surface area contributed by atoms with Crippen molar-refractivity contribution in [1.29, 1.82) is 0 Å². The maximum Gasteiger partial charge on any atom is 0.124 e. The van der Waals surface area contributed by atoms with Crippen LogP contribution in [0.2, 0.25) is 0 Å². The second-order valence-corrected chi connectivity index (χ2v) is 4.83. The van der Waals surface area contributed by atoms with Gasteiger partial charge in [-0.3, -0.25) is 0 Å². The molecule has 0 aliphatic heterocycles. The summed E-state index contributed by atoms with van der Waals surface area (Å²) in [4.78, 5) is 4.46. The molecule has 0 saturated heterocycles. The molecule has 2 aromatic rings. The van der Waals surface area contributed by atoms with Crippen molar-refractivity contribution in [3.63, 3.8) is 0 Å². The van der Waals surface area contributed by atoms with E-state index in [0.717, 1.165) is 27.2 Å². The highest BCUT2D eigenvalue weighted by atomic mass is 79.9. The average molecular weight is 286 g/mol. The second kappa shape index (κ2) is 4.41. The molecule has 0 unspecified atom stereocenters. The number of aromatic nitrogens is 1. The fraction of sp³-hybridized carbons (Fsp3) is 0.182. The first-order chi connectivity index (χ1) is 7.20. The van der Waals surface area contributed by atoms with Crippen LogP contribution in [0.3, 0.4) is 0 Å². The standard InChI is InChI=1S/C11H9BrFNS/c1-2-8-6-15-11(14-8)9-4-3-7(13)5-10(9)12/h3-6H,2H2,1H3. The van der Waals surface area contributed by atoms with Crippen LogP contribution in [0.25, 0.3) is 10.6 Å².